The second-order valence-electron chi connectivity index (χ2n) is 8.53. The first-order valence-corrected chi connectivity index (χ1v) is 14.7. The molecule has 7 nitrogen and oxygen atoms in total. The molecule has 0 heterocycles. The summed E-state index contributed by atoms with van der Waals surface area (Å²) in [6, 6.07) is 19.8. The Hall–Kier alpha value is -2.69. The van der Waals surface area contributed by atoms with Crippen LogP contribution in [0, 0.1) is 6.92 Å². The maximum Gasteiger partial charge on any atom is 0.264 e. The molecule has 3 aromatic rings. The Balaban J connectivity index is 2.03. The summed E-state index contributed by atoms with van der Waals surface area (Å²) < 4.78 is 30.1. The first kappa shape index (κ1) is 28.9. The lowest BCUT2D eigenvalue weighted by molar-refractivity contribution is -0.139. The molecular formula is C27H29Br2N3O4S. The van der Waals surface area contributed by atoms with Crippen molar-refractivity contribution in [2.45, 2.75) is 38.3 Å². The van der Waals surface area contributed by atoms with Crippen LogP contribution in [-0.2, 0) is 26.2 Å². The van der Waals surface area contributed by atoms with Crippen molar-refractivity contribution in [1.82, 2.24) is 10.2 Å². The minimum absolute atomic E-state index is 0.0705. The van der Waals surface area contributed by atoms with Gasteiger partial charge in [-0.15, -0.1) is 0 Å². The van der Waals surface area contributed by atoms with E-state index in [4.69, 9.17) is 0 Å². The number of hydrogen-bond acceptors (Lipinski definition) is 4. The molecule has 0 saturated carbocycles. The predicted octanol–water partition coefficient (Wildman–Crippen LogP) is 5.27. The van der Waals surface area contributed by atoms with Crippen molar-refractivity contribution in [2.75, 3.05) is 17.4 Å². The number of hydrogen-bond donors (Lipinski definition) is 1. The maximum absolute atomic E-state index is 13.8. The van der Waals surface area contributed by atoms with Gasteiger partial charge in [-0.25, -0.2) is 8.42 Å². The van der Waals surface area contributed by atoms with E-state index in [0.29, 0.717) is 16.7 Å². The molecule has 0 bridgehead atoms. The normalized spacial score (nSPS) is 12.0. The van der Waals surface area contributed by atoms with Crippen LogP contribution in [0.3, 0.4) is 0 Å². The first-order valence-electron chi connectivity index (χ1n) is 11.7. The van der Waals surface area contributed by atoms with E-state index in [1.54, 1.807) is 50.2 Å². The Labute approximate surface area is 235 Å². The molecule has 1 unspecified atom stereocenters. The van der Waals surface area contributed by atoms with Gasteiger partial charge >= 0.3 is 0 Å². The molecule has 0 fully saturated rings. The van der Waals surface area contributed by atoms with E-state index in [0.717, 1.165) is 19.9 Å². The third-order valence-corrected chi connectivity index (χ3v) is 8.52. The smallest absolute Gasteiger partial charge is 0.264 e. The van der Waals surface area contributed by atoms with Crippen molar-refractivity contribution in [3.8, 4) is 0 Å². The third kappa shape index (κ3) is 7.43. The van der Waals surface area contributed by atoms with Crippen molar-refractivity contribution in [2.24, 2.45) is 0 Å². The molecule has 0 radical (unpaired) electrons. The largest absolute Gasteiger partial charge is 0.355 e. The molecule has 0 spiro atoms. The maximum atomic E-state index is 13.8. The number of sulfonamides is 1. The first-order chi connectivity index (χ1) is 17.5. The van der Waals surface area contributed by atoms with Gasteiger partial charge in [-0.05, 0) is 68.8 Å². The number of nitrogens with zero attached hydrogens (tertiary/aromatic N) is 2. The van der Waals surface area contributed by atoms with Crippen LogP contribution in [-0.4, -0.2) is 44.3 Å². The number of likely N-dealkylation sites (N-methyl/N-ethyl adjacent to an activating group) is 1. The van der Waals surface area contributed by atoms with Gasteiger partial charge in [-0.1, -0.05) is 67.8 Å². The van der Waals surface area contributed by atoms with Crippen LogP contribution in [0.4, 0.5) is 5.69 Å². The second-order valence-corrected chi connectivity index (χ2v) is 12.2. The number of benzene rings is 3. The van der Waals surface area contributed by atoms with Crippen molar-refractivity contribution in [3.63, 3.8) is 0 Å². The van der Waals surface area contributed by atoms with Gasteiger partial charge in [0, 0.05) is 22.0 Å². The number of halogens is 2. The molecule has 1 atom stereocenters. The van der Waals surface area contributed by atoms with Gasteiger partial charge in [0.1, 0.15) is 12.6 Å². The lowest BCUT2D eigenvalue weighted by atomic mass is 10.1. The number of rotatable bonds is 10. The molecule has 0 aliphatic rings. The van der Waals surface area contributed by atoms with Crippen molar-refractivity contribution >= 4 is 59.4 Å². The average molecular weight is 651 g/mol. The van der Waals surface area contributed by atoms with Crippen LogP contribution in [0.2, 0.25) is 0 Å². The van der Waals surface area contributed by atoms with Gasteiger partial charge in [0.15, 0.2) is 0 Å². The number of carbonyl (C=O) groups excluding carboxylic acids is 2. The molecule has 3 aromatic carbocycles. The highest BCUT2D eigenvalue weighted by Gasteiger charge is 2.32. The highest BCUT2D eigenvalue weighted by atomic mass is 79.9. The zero-order valence-electron chi connectivity index (χ0n) is 20.8. The summed E-state index contributed by atoms with van der Waals surface area (Å²) in [4.78, 5) is 28.0. The third-order valence-electron chi connectivity index (χ3n) is 5.74. The van der Waals surface area contributed by atoms with Gasteiger partial charge in [-0.3, -0.25) is 13.9 Å². The Morgan fingerprint density at radius 2 is 1.57 bits per heavy atom. The average Bonchev–Trinajstić information content (AvgIpc) is 2.85. The van der Waals surface area contributed by atoms with E-state index in [-0.39, 0.29) is 17.3 Å². The Morgan fingerprint density at radius 3 is 2.16 bits per heavy atom. The molecule has 0 aliphatic heterocycles. The minimum Gasteiger partial charge on any atom is -0.355 e. The summed E-state index contributed by atoms with van der Waals surface area (Å²) >= 11 is 6.83. The molecule has 0 aromatic heterocycles. The highest BCUT2D eigenvalue weighted by Crippen LogP contribution is 2.27. The van der Waals surface area contributed by atoms with Gasteiger partial charge in [0.25, 0.3) is 10.0 Å². The number of anilines is 1. The Kier molecular flexibility index (Phi) is 9.92. The molecule has 2 amide bonds. The van der Waals surface area contributed by atoms with Crippen molar-refractivity contribution < 1.29 is 18.0 Å². The number of amides is 2. The summed E-state index contributed by atoms with van der Waals surface area (Å²) in [5.41, 5.74) is 2.05. The summed E-state index contributed by atoms with van der Waals surface area (Å²) in [6.07, 6.45) is 0. The molecule has 0 saturated heterocycles. The van der Waals surface area contributed by atoms with Crippen molar-refractivity contribution in [1.29, 1.82) is 0 Å². The van der Waals surface area contributed by atoms with Crippen LogP contribution < -0.4 is 9.62 Å². The summed E-state index contributed by atoms with van der Waals surface area (Å²) in [5.74, 6) is -0.823. The highest BCUT2D eigenvalue weighted by molar-refractivity contribution is 9.10. The minimum atomic E-state index is -4.10. The zero-order valence-corrected chi connectivity index (χ0v) is 24.8. The fraction of sp³-hybridized carbons (Fsp3) is 0.259. The second kappa shape index (κ2) is 12.7. The lowest BCUT2D eigenvalue weighted by Gasteiger charge is -2.32. The van der Waals surface area contributed by atoms with Crippen LogP contribution in [0.25, 0.3) is 0 Å². The van der Waals surface area contributed by atoms with E-state index in [1.807, 2.05) is 31.2 Å². The number of nitrogens with one attached hydrogen (secondary N) is 1. The SMILES string of the molecule is CCNC(=O)C(C)N(Cc1cccc(Br)c1)C(=O)CN(c1cccc(Br)c1)S(=O)(=O)c1ccc(C)cc1. The topological polar surface area (TPSA) is 86.8 Å². The fourth-order valence-electron chi connectivity index (χ4n) is 3.73. The van der Waals surface area contributed by atoms with E-state index in [1.165, 1.54) is 17.0 Å². The molecule has 10 heteroatoms. The molecular weight excluding hydrogens is 622 g/mol. The van der Waals surface area contributed by atoms with Gasteiger partial charge in [0.05, 0.1) is 10.6 Å². The molecule has 1 N–H and O–H groups in total. The van der Waals surface area contributed by atoms with Gasteiger partial charge in [-0.2, -0.15) is 0 Å². The predicted molar refractivity (Wildman–Crippen MR) is 153 cm³/mol. The van der Waals surface area contributed by atoms with Crippen LogP contribution in [0.1, 0.15) is 25.0 Å². The summed E-state index contributed by atoms with van der Waals surface area (Å²) in [5, 5.41) is 2.75. The molecule has 196 valence electrons. The number of aryl methyl sites for hydroxylation is 1. The summed E-state index contributed by atoms with van der Waals surface area (Å²) in [6.45, 7) is 5.37. The fourth-order valence-corrected chi connectivity index (χ4v) is 5.97. The van der Waals surface area contributed by atoms with Gasteiger partial charge < -0.3 is 10.2 Å². The lowest BCUT2D eigenvalue weighted by Crippen LogP contribution is -2.51. The Morgan fingerprint density at radius 1 is 0.946 bits per heavy atom. The van der Waals surface area contributed by atoms with E-state index < -0.39 is 28.5 Å². The summed E-state index contributed by atoms with van der Waals surface area (Å²) in [7, 11) is -4.10. The van der Waals surface area contributed by atoms with E-state index in [9.17, 15) is 18.0 Å². The van der Waals surface area contributed by atoms with Crippen molar-refractivity contribution in [3.05, 3.63) is 92.9 Å². The Bertz CT molecular complexity index is 1360. The van der Waals surface area contributed by atoms with Crippen LogP contribution >= 0.6 is 31.9 Å². The molecule has 0 aliphatic carbocycles. The van der Waals surface area contributed by atoms with E-state index in [2.05, 4.69) is 37.2 Å². The molecule has 37 heavy (non-hydrogen) atoms. The van der Waals surface area contributed by atoms with Crippen LogP contribution in [0.15, 0.2) is 86.6 Å². The quantitative estimate of drug-likeness (QED) is 0.324. The molecule has 3 rings (SSSR count). The standard InChI is InChI=1S/C27H29Br2N3O4S/c1-4-30-27(34)20(3)31(17-21-7-5-8-22(28)15-21)26(33)18-32(24-10-6-9-23(29)16-24)37(35,36)25-13-11-19(2)12-14-25/h5-16,20H,4,17-18H2,1-3H3,(H,30,34). The van der Waals surface area contributed by atoms with Gasteiger partial charge in [0.2, 0.25) is 11.8 Å². The van der Waals surface area contributed by atoms with E-state index >= 15 is 0 Å². The van der Waals surface area contributed by atoms with Crippen LogP contribution in [0.5, 0.6) is 0 Å². The number of carbonyl (C=O) groups is 2. The zero-order chi connectivity index (χ0) is 27.2. The monoisotopic (exact) mass is 649 g/mol.